The zero-order valence-corrected chi connectivity index (χ0v) is 43.2. The quantitative estimate of drug-likeness (QED) is 0.0336. The molecule has 28 nitrogen and oxygen atoms in total. The third kappa shape index (κ3) is 20.4. The van der Waals surface area contributed by atoms with Gasteiger partial charge in [-0.1, -0.05) is 78.3 Å². The first kappa shape index (κ1) is 64.3. The van der Waals surface area contributed by atoms with E-state index in [0.717, 1.165) is 0 Å². The Labute approximate surface area is 434 Å². The molecule has 1 heterocycles. The van der Waals surface area contributed by atoms with Crippen molar-refractivity contribution in [2.45, 2.75) is 147 Å². The van der Waals surface area contributed by atoms with E-state index in [1.54, 1.807) is 33.8 Å². The van der Waals surface area contributed by atoms with Crippen molar-refractivity contribution in [3.8, 4) is 0 Å². The molecule has 1 fully saturated rings. The molecule has 28 heteroatoms. The Morgan fingerprint density at radius 1 is 0.693 bits per heavy atom. The number of esters is 1. The predicted octanol–water partition coefficient (Wildman–Crippen LogP) is -6.45. The molecule has 0 radical (unpaired) electrons. The molecular weight excluding hydrogens is 987 g/mol. The first-order valence-electron chi connectivity index (χ1n) is 24.5. The number of nitrogens with zero attached hydrogens (tertiary/aromatic N) is 1. The summed E-state index contributed by atoms with van der Waals surface area (Å²) in [6, 6.07) is -6.57. The van der Waals surface area contributed by atoms with Crippen LogP contribution in [0, 0.1) is 17.8 Å². The number of ether oxygens (including phenoxy) is 1. The van der Waals surface area contributed by atoms with Gasteiger partial charge in [0.05, 0.1) is 31.9 Å². The highest BCUT2D eigenvalue weighted by Crippen LogP contribution is 2.23. The number of nitrogens with two attached hydrogens (primary N) is 4. The molecule has 0 bridgehead atoms. The van der Waals surface area contributed by atoms with Crippen LogP contribution in [0.2, 0.25) is 0 Å². The van der Waals surface area contributed by atoms with Gasteiger partial charge in [-0.15, -0.1) is 0 Å². The highest BCUT2D eigenvalue weighted by Gasteiger charge is 2.41. The Hall–Kier alpha value is -6.85. The number of Topliss-reactive ketones (excluding diaryl/α,β-unsaturated/α-hetero) is 1. The summed E-state index contributed by atoms with van der Waals surface area (Å²) in [7, 11) is 0. The lowest BCUT2D eigenvalue weighted by Crippen LogP contribution is -2.62. The number of rotatable bonds is 15. The zero-order valence-electron chi connectivity index (χ0n) is 43.2. The second-order valence-corrected chi connectivity index (χ2v) is 19.0. The highest BCUT2D eigenvalue weighted by molar-refractivity contribution is 5.99. The fourth-order valence-electron chi connectivity index (χ4n) is 7.48. The molecule has 1 aromatic carbocycles. The molecule has 0 spiro atoms. The molecule has 1 aliphatic rings. The molecular formula is C47H77N13O15. The van der Waals surface area contributed by atoms with E-state index in [-0.39, 0.29) is 49.7 Å². The Balaban J connectivity index is 2.83. The molecule has 0 aromatic heterocycles. The minimum absolute atomic E-state index is 0.00513. The molecule has 8 amide bonds. The zero-order chi connectivity index (χ0) is 56.9. The lowest BCUT2D eigenvalue weighted by Gasteiger charge is -2.32. The van der Waals surface area contributed by atoms with Gasteiger partial charge in [0.25, 0.3) is 0 Å². The van der Waals surface area contributed by atoms with Crippen molar-refractivity contribution in [1.82, 2.24) is 42.5 Å². The maximum atomic E-state index is 14.3. The summed E-state index contributed by atoms with van der Waals surface area (Å²) in [5.74, 6) is -13.3. The number of benzene rings is 1. The highest BCUT2D eigenvalue weighted by atomic mass is 16.5. The summed E-state index contributed by atoms with van der Waals surface area (Å²) in [6.07, 6.45) is -7.19. The number of ketones is 1. The average Bonchev–Trinajstić information content (AvgIpc) is 3.35. The first-order chi connectivity index (χ1) is 35.1. The van der Waals surface area contributed by atoms with E-state index < -0.39 is 163 Å². The van der Waals surface area contributed by atoms with E-state index in [0.29, 0.717) is 0 Å². The second kappa shape index (κ2) is 31.1. The smallest absolute Gasteiger partial charge is 0.331 e. The van der Waals surface area contributed by atoms with E-state index in [9.17, 15) is 68.4 Å². The van der Waals surface area contributed by atoms with Gasteiger partial charge in [-0.3, -0.25) is 48.1 Å². The molecule has 1 aliphatic heterocycles. The normalized spacial score (nSPS) is 26.7. The van der Waals surface area contributed by atoms with Crippen LogP contribution in [0.3, 0.4) is 0 Å². The molecule has 1 aromatic rings. The van der Waals surface area contributed by atoms with Crippen LogP contribution in [0.5, 0.6) is 0 Å². The molecule has 2 rings (SSSR count). The first-order valence-corrected chi connectivity index (χ1v) is 24.5. The van der Waals surface area contributed by atoms with Gasteiger partial charge < -0.3 is 90.6 Å². The van der Waals surface area contributed by atoms with Crippen LogP contribution in [-0.4, -0.2) is 178 Å². The maximum absolute atomic E-state index is 14.3. The molecule has 420 valence electrons. The van der Waals surface area contributed by atoms with Gasteiger partial charge in [0.1, 0.15) is 42.3 Å². The number of hydrogen-bond acceptors (Lipinski definition) is 18. The Morgan fingerprint density at radius 2 is 1.24 bits per heavy atom. The minimum Gasteiger partial charge on any atom is -0.454 e. The lowest BCUT2D eigenvalue weighted by atomic mass is 9.95. The Kier molecular flexibility index (Phi) is 26.7. The SMILES string of the molecule is CC[C@H](C)C1NC(=O)[C@@H](CCCN=C(N)N)NC(=O)[C@H](CC(C)C)NC(=O)[C@H]([C@H](O)C(C)C)NC(=O)[C@@H](N)[C@@H](c2ccccc2)OC(=O)[C@H](CO)NC(=O)[C@H]([C@H](O)C(N)=O)NC(=O)CNCC(=O)C([C@H](C)O)NC1=O. The topological polar surface area (TPSA) is 474 Å². The minimum atomic E-state index is -2.44. The monoisotopic (exact) mass is 1060 g/mol. The molecule has 1 saturated heterocycles. The largest absolute Gasteiger partial charge is 0.454 e. The maximum Gasteiger partial charge on any atom is 0.331 e. The van der Waals surface area contributed by atoms with Gasteiger partial charge in [0.2, 0.25) is 47.3 Å². The third-order valence-corrected chi connectivity index (χ3v) is 12.0. The fraction of sp³-hybridized carbons (Fsp3) is 0.638. The van der Waals surface area contributed by atoms with Crippen molar-refractivity contribution in [1.29, 1.82) is 0 Å². The van der Waals surface area contributed by atoms with Crippen molar-refractivity contribution in [2.24, 2.45) is 45.7 Å². The van der Waals surface area contributed by atoms with E-state index >= 15 is 0 Å². The standard InChI is InChI=1S/C47H77N13O15/c1-8-23(6)32-43(71)59-33(24(7)62)29(63)18-52-19-30(64)57-35(37(66)39(49)67)45(73)56-28(20-61)46(74)75-38(25-13-10-9-11-14-25)31(48)42(70)60-34(36(65)22(4)5)44(72)55-27(17-21(2)3)41(69)54-26(40(68)58-32)15-12-16-53-47(50)51/h9-11,13-14,21-24,26-28,31-38,52,61-62,65-66H,8,12,15-20,48H2,1-7H3,(H2,49,67)(H,54,69)(H,55,72)(H,56,73)(H,57,64)(H,58,68)(H,59,71)(H,60,70)(H4,50,51,53)/t23-,24-,26+,27-,28-,31-,32?,33?,34-,35-,36+,37-,38+/m0/s1. The predicted molar refractivity (Wildman–Crippen MR) is 268 cm³/mol. The summed E-state index contributed by atoms with van der Waals surface area (Å²) >= 11 is 0. The lowest BCUT2D eigenvalue weighted by molar-refractivity contribution is -0.157. The van der Waals surface area contributed by atoms with Crippen molar-refractivity contribution in [2.75, 3.05) is 26.2 Å². The van der Waals surface area contributed by atoms with Crippen LogP contribution in [0.15, 0.2) is 35.3 Å². The van der Waals surface area contributed by atoms with Gasteiger partial charge in [0, 0.05) is 6.54 Å². The van der Waals surface area contributed by atoms with Crippen molar-refractivity contribution < 1.29 is 73.1 Å². The number of hydrogen-bond donors (Lipinski definition) is 16. The number of aliphatic hydroxyl groups excluding tert-OH is 4. The number of aliphatic imine (C=N–C) groups is 1. The average molecular weight is 1060 g/mol. The fourth-order valence-corrected chi connectivity index (χ4v) is 7.48. The van der Waals surface area contributed by atoms with Gasteiger partial charge >= 0.3 is 5.97 Å². The third-order valence-electron chi connectivity index (χ3n) is 12.0. The Bertz CT molecular complexity index is 2160. The number of carbonyl (C=O) groups is 10. The Morgan fingerprint density at radius 3 is 1.79 bits per heavy atom. The van der Waals surface area contributed by atoms with E-state index in [4.69, 9.17) is 27.7 Å². The number of nitrogens with one attached hydrogen (secondary N) is 8. The number of carbonyl (C=O) groups excluding carboxylic acids is 10. The van der Waals surface area contributed by atoms with Crippen LogP contribution < -0.4 is 65.5 Å². The van der Waals surface area contributed by atoms with Crippen LogP contribution in [0.4, 0.5) is 0 Å². The summed E-state index contributed by atoms with van der Waals surface area (Å²) in [6.45, 7) is 8.30. The van der Waals surface area contributed by atoms with Gasteiger partial charge in [-0.2, -0.15) is 0 Å². The number of cyclic esters (lactones) is 1. The number of aliphatic hydroxyl groups is 4. The van der Waals surface area contributed by atoms with E-state index in [1.807, 2.05) is 10.6 Å². The molecule has 0 saturated carbocycles. The van der Waals surface area contributed by atoms with Crippen molar-refractivity contribution in [3.63, 3.8) is 0 Å². The van der Waals surface area contributed by atoms with Gasteiger partial charge in [-0.05, 0) is 49.5 Å². The summed E-state index contributed by atoms with van der Waals surface area (Å²) in [5, 5.41) is 62.1. The van der Waals surface area contributed by atoms with Crippen LogP contribution >= 0.6 is 0 Å². The summed E-state index contributed by atoms with van der Waals surface area (Å²) in [4.78, 5) is 141. The molecule has 0 aliphatic carbocycles. The summed E-state index contributed by atoms with van der Waals surface area (Å²) < 4.78 is 5.61. The number of amides is 8. The van der Waals surface area contributed by atoms with Crippen LogP contribution in [0.1, 0.15) is 85.8 Å². The van der Waals surface area contributed by atoms with Crippen molar-refractivity contribution in [3.05, 3.63) is 35.9 Å². The molecule has 2 unspecified atom stereocenters. The van der Waals surface area contributed by atoms with Crippen LogP contribution in [-0.2, 0) is 52.7 Å². The molecule has 75 heavy (non-hydrogen) atoms. The second-order valence-electron chi connectivity index (χ2n) is 19.0. The summed E-state index contributed by atoms with van der Waals surface area (Å²) in [5.41, 5.74) is 22.8. The number of primary amides is 1. The van der Waals surface area contributed by atoms with Gasteiger partial charge in [0.15, 0.2) is 30.0 Å². The van der Waals surface area contributed by atoms with E-state index in [1.165, 1.54) is 45.0 Å². The van der Waals surface area contributed by atoms with Crippen LogP contribution in [0.25, 0.3) is 0 Å². The molecule has 13 atom stereocenters. The van der Waals surface area contributed by atoms with Gasteiger partial charge in [-0.25, -0.2) is 4.79 Å². The molecule has 20 N–H and O–H groups in total. The van der Waals surface area contributed by atoms with Crippen molar-refractivity contribution >= 4 is 65.0 Å². The van der Waals surface area contributed by atoms with E-state index in [2.05, 4.69) is 36.9 Å². The number of guanidine groups is 1.